The zero-order valence-electron chi connectivity index (χ0n) is 17.5. The van der Waals surface area contributed by atoms with Gasteiger partial charge in [0, 0.05) is 19.5 Å². The van der Waals surface area contributed by atoms with Crippen molar-refractivity contribution in [2.75, 3.05) is 0 Å². The highest BCUT2D eigenvalue weighted by molar-refractivity contribution is 5.53. The predicted octanol–water partition coefficient (Wildman–Crippen LogP) is 4.20. The van der Waals surface area contributed by atoms with Gasteiger partial charge in [-0.25, -0.2) is 0 Å². The molecule has 0 unspecified atom stereocenters. The van der Waals surface area contributed by atoms with E-state index in [1.807, 2.05) is 24.3 Å². The molecule has 2 aromatic rings. The molecule has 0 aliphatic rings. The normalized spacial score (nSPS) is 12.4. The van der Waals surface area contributed by atoms with Crippen molar-refractivity contribution >= 4 is 0 Å². The molecule has 2 rings (SSSR count). The first kappa shape index (κ1) is 21.3. The summed E-state index contributed by atoms with van der Waals surface area (Å²) in [6.07, 6.45) is 0.422. The number of phenols is 2. The van der Waals surface area contributed by atoms with Crippen LogP contribution in [-0.4, -0.2) is 10.2 Å². The molecule has 148 valence electrons. The van der Waals surface area contributed by atoms with Crippen LogP contribution in [0.2, 0.25) is 0 Å². The van der Waals surface area contributed by atoms with E-state index >= 15 is 0 Å². The van der Waals surface area contributed by atoms with Crippen LogP contribution >= 0.6 is 0 Å². The lowest BCUT2D eigenvalue weighted by Gasteiger charge is -2.25. The fourth-order valence-electron chi connectivity index (χ4n) is 3.37. The molecule has 0 fully saturated rings. The number of hydrogen-bond acceptors (Lipinski definition) is 4. The summed E-state index contributed by atoms with van der Waals surface area (Å²) in [4.78, 5) is 0. The summed E-state index contributed by atoms with van der Waals surface area (Å²) in [5, 5.41) is 21.8. The first-order valence-corrected chi connectivity index (χ1v) is 9.49. The van der Waals surface area contributed by atoms with Crippen LogP contribution in [0.3, 0.4) is 0 Å². The van der Waals surface area contributed by atoms with Crippen LogP contribution < -0.4 is 11.5 Å². The standard InChI is InChI=1S/C23H34N2O2/c1-22(2,3)18-9-14(12-24)7-16(20(18)26)11-17-8-15(13-25)10-19(21(17)27)23(4,5)6/h7-10,26-27H,11-13,24-25H2,1-6H3. The first-order chi connectivity index (χ1) is 12.4. The van der Waals surface area contributed by atoms with Crippen LogP contribution in [-0.2, 0) is 30.3 Å². The molecule has 4 nitrogen and oxygen atoms in total. The molecule has 0 spiro atoms. The van der Waals surface area contributed by atoms with Crippen molar-refractivity contribution in [3.05, 3.63) is 57.6 Å². The highest BCUT2D eigenvalue weighted by Crippen LogP contribution is 2.39. The van der Waals surface area contributed by atoms with E-state index in [2.05, 4.69) is 41.5 Å². The first-order valence-electron chi connectivity index (χ1n) is 9.49. The molecular formula is C23H34N2O2. The number of nitrogens with two attached hydrogens (primary N) is 2. The fraction of sp³-hybridized carbons (Fsp3) is 0.478. The maximum absolute atomic E-state index is 10.9. The minimum atomic E-state index is -0.207. The second-order valence-corrected chi connectivity index (χ2v) is 9.39. The Labute approximate surface area is 163 Å². The molecule has 0 atom stereocenters. The topological polar surface area (TPSA) is 92.5 Å². The molecule has 0 aliphatic heterocycles. The largest absolute Gasteiger partial charge is 0.507 e. The number of phenolic OH excluding ortho intramolecular Hbond substituents is 2. The Morgan fingerprint density at radius 2 is 1.00 bits per heavy atom. The lowest BCUT2D eigenvalue weighted by molar-refractivity contribution is 0.435. The predicted molar refractivity (Wildman–Crippen MR) is 112 cm³/mol. The third-order valence-corrected chi connectivity index (χ3v) is 4.97. The summed E-state index contributed by atoms with van der Waals surface area (Å²) in [6.45, 7) is 13.2. The van der Waals surface area contributed by atoms with Crippen molar-refractivity contribution in [2.45, 2.75) is 71.9 Å². The third-order valence-electron chi connectivity index (χ3n) is 4.97. The summed E-state index contributed by atoms with van der Waals surface area (Å²) < 4.78 is 0. The van der Waals surface area contributed by atoms with Crippen LogP contribution in [0.5, 0.6) is 11.5 Å². The number of benzene rings is 2. The third kappa shape index (κ3) is 4.63. The van der Waals surface area contributed by atoms with E-state index in [4.69, 9.17) is 11.5 Å². The lowest BCUT2D eigenvalue weighted by atomic mass is 9.81. The van der Waals surface area contributed by atoms with Crippen molar-refractivity contribution in [3.63, 3.8) is 0 Å². The van der Waals surface area contributed by atoms with Crippen LogP contribution in [0.4, 0.5) is 0 Å². The van der Waals surface area contributed by atoms with Crippen molar-refractivity contribution in [3.8, 4) is 11.5 Å². The Balaban J connectivity index is 2.64. The van der Waals surface area contributed by atoms with Gasteiger partial charge >= 0.3 is 0 Å². The molecule has 0 radical (unpaired) electrons. The molecule has 0 bridgehead atoms. The molecule has 2 aromatic carbocycles. The minimum absolute atomic E-state index is 0.207. The Hall–Kier alpha value is -2.04. The lowest BCUT2D eigenvalue weighted by Crippen LogP contribution is -2.15. The van der Waals surface area contributed by atoms with E-state index in [0.717, 1.165) is 33.4 Å². The second kappa shape index (κ2) is 7.53. The zero-order valence-corrected chi connectivity index (χ0v) is 17.5. The van der Waals surface area contributed by atoms with E-state index in [1.54, 1.807) is 0 Å². The van der Waals surface area contributed by atoms with Crippen molar-refractivity contribution in [2.24, 2.45) is 11.5 Å². The number of hydrogen-bond donors (Lipinski definition) is 4. The van der Waals surface area contributed by atoms with Gasteiger partial charge in [0.15, 0.2) is 0 Å². The SMILES string of the molecule is CC(C)(C)c1cc(CN)cc(Cc2cc(CN)cc(C(C)(C)C)c2O)c1O. The molecular weight excluding hydrogens is 336 g/mol. The molecule has 0 heterocycles. The maximum atomic E-state index is 10.9. The molecule has 27 heavy (non-hydrogen) atoms. The molecule has 0 aliphatic carbocycles. The smallest absolute Gasteiger partial charge is 0.122 e. The molecule has 0 saturated carbocycles. The molecule has 6 N–H and O–H groups in total. The quantitative estimate of drug-likeness (QED) is 0.649. The highest BCUT2D eigenvalue weighted by Gasteiger charge is 2.24. The summed E-state index contributed by atoms with van der Waals surface area (Å²) in [5.41, 5.74) is 16.6. The Kier molecular flexibility index (Phi) is 5.93. The average molecular weight is 371 g/mol. The number of aromatic hydroxyl groups is 2. The van der Waals surface area contributed by atoms with E-state index in [9.17, 15) is 10.2 Å². The molecule has 0 saturated heterocycles. The minimum Gasteiger partial charge on any atom is -0.507 e. The summed E-state index contributed by atoms with van der Waals surface area (Å²) in [6, 6.07) is 7.79. The summed E-state index contributed by atoms with van der Waals surface area (Å²) in [5.74, 6) is 0.545. The van der Waals surface area contributed by atoms with Crippen LogP contribution in [0.15, 0.2) is 24.3 Å². The van der Waals surface area contributed by atoms with E-state index in [1.165, 1.54) is 0 Å². The second-order valence-electron chi connectivity index (χ2n) is 9.39. The van der Waals surface area contributed by atoms with Gasteiger partial charge in [-0.3, -0.25) is 0 Å². The van der Waals surface area contributed by atoms with Gasteiger partial charge in [-0.1, -0.05) is 65.8 Å². The zero-order chi connectivity index (χ0) is 20.6. The van der Waals surface area contributed by atoms with Gasteiger partial charge in [0.2, 0.25) is 0 Å². The summed E-state index contributed by atoms with van der Waals surface area (Å²) >= 11 is 0. The van der Waals surface area contributed by atoms with Gasteiger partial charge < -0.3 is 21.7 Å². The van der Waals surface area contributed by atoms with Crippen LogP contribution in [0.25, 0.3) is 0 Å². The van der Waals surface area contributed by atoms with Crippen LogP contribution in [0, 0.1) is 0 Å². The van der Waals surface area contributed by atoms with E-state index < -0.39 is 0 Å². The summed E-state index contributed by atoms with van der Waals surface area (Å²) in [7, 11) is 0. The van der Waals surface area contributed by atoms with Crippen molar-refractivity contribution in [1.82, 2.24) is 0 Å². The average Bonchev–Trinajstić information content (AvgIpc) is 2.56. The Morgan fingerprint density at radius 3 is 1.26 bits per heavy atom. The van der Waals surface area contributed by atoms with Crippen molar-refractivity contribution < 1.29 is 10.2 Å². The van der Waals surface area contributed by atoms with Gasteiger partial charge in [0.1, 0.15) is 11.5 Å². The fourth-order valence-corrected chi connectivity index (χ4v) is 3.37. The highest BCUT2D eigenvalue weighted by atomic mass is 16.3. The monoisotopic (exact) mass is 370 g/mol. The molecule has 0 aromatic heterocycles. The van der Waals surface area contributed by atoms with Gasteiger partial charge in [-0.05, 0) is 44.2 Å². The van der Waals surface area contributed by atoms with Gasteiger partial charge in [0.25, 0.3) is 0 Å². The maximum Gasteiger partial charge on any atom is 0.122 e. The molecule has 4 heteroatoms. The molecule has 0 amide bonds. The van der Waals surface area contributed by atoms with E-state index in [-0.39, 0.29) is 22.3 Å². The number of rotatable bonds is 4. The van der Waals surface area contributed by atoms with Crippen LogP contribution in [0.1, 0.15) is 74.9 Å². The van der Waals surface area contributed by atoms with Gasteiger partial charge in [0.05, 0.1) is 0 Å². The van der Waals surface area contributed by atoms with Gasteiger partial charge in [-0.2, -0.15) is 0 Å². The van der Waals surface area contributed by atoms with E-state index in [0.29, 0.717) is 19.5 Å². The van der Waals surface area contributed by atoms with Gasteiger partial charge in [-0.15, -0.1) is 0 Å². The van der Waals surface area contributed by atoms with Crippen molar-refractivity contribution in [1.29, 1.82) is 0 Å². The Morgan fingerprint density at radius 1 is 0.667 bits per heavy atom. The Bertz CT molecular complexity index is 758.